The molecule has 1 aliphatic heterocycles. The van der Waals surface area contributed by atoms with Crippen LogP contribution in [0.3, 0.4) is 0 Å². The lowest BCUT2D eigenvalue weighted by Crippen LogP contribution is -2.57. The highest BCUT2D eigenvalue weighted by Crippen LogP contribution is 2.36. The van der Waals surface area contributed by atoms with Crippen molar-refractivity contribution in [3.05, 3.63) is 137 Å². The van der Waals surface area contributed by atoms with E-state index < -0.39 is 17.7 Å². The Hall–Kier alpha value is -3.93. The number of halogens is 1. The van der Waals surface area contributed by atoms with E-state index in [1.807, 2.05) is 97.9 Å². The maximum atomic E-state index is 15.2. The molecule has 1 aliphatic rings. The summed E-state index contributed by atoms with van der Waals surface area (Å²) in [6, 6.07) is 33.6. The van der Waals surface area contributed by atoms with Crippen molar-refractivity contribution in [3.63, 3.8) is 0 Å². The first-order chi connectivity index (χ1) is 17.6. The monoisotopic (exact) mass is 478 g/mol. The number of hydrogen-bond donors (Lipinski definition) is 1. The van der Waals surface area contributed by atoms with Crippen molar-refractivity contribution in [1.82, 2.24) is 5.32 Å². The molecule has 0 aromatic heterocycles. The highest BCUT2D eigenvalue weighted by atomic mass is 19.1. The van der Waals surface area contributed by atoms with E-state index in [-0.39, 0.29) is 12.4 Å². The molecule has 1 N–H and O–H groups in total. The van der Waals surface area contributed by atoms with E-state index in [4.69, 9.17) is 9.73 Å². The second-order valence-corrected chi connectivity index (χ2v) is 9.14. The van der Waals surface area contributed by atoms with Crippen LogP contribution < -0.4 is 5.32 Å². The van der Waals surface area contributed by atoms with Gasteiger partial charge in [-0.15, -0.1) is 0 Å². The van der Waals surface area contributed by atoms with E-state index in [0.717, 1.165) is 28.7 Å². The molecule has 0 aliphatic carbocycles. The van der Waals surface area contributed by atoms with Gasteiger partial charge in [-0.3, -0.25) is 5.32 Å². The molecule has 180 valence electrons. The van der Waals surface area contributed by atoms with Gasteiger partial charge in [-0.1, -0.05) is 91.0 Å². The van der Waals surface area contributed by atoms with Crippen LogP contribution in [0.4, 0.5) is 10.1 Å². The highest BCUT2D eigenvalue weighted by Gasteiger charge is 2.41. The molecule has 36 heavy (non-hydrogen) atoms. The van der Waals surface area contributed by atoms with Gasteiger partial charge in [0.25, 0.3) is 0 Å². The third kappa shape index (κ3) is 4.89. The quantitative estimate of drug-likeness (QED) is 0.268. The topological polar surface area (TPSA) is 50.7 Å². The van der Waals surface area contributed by atoms with Gasteiger partial charge >= 0.3 is 0 Å². The molecule has 0 radical (unpaired) electrons. The molecule has 4 nitrogen and oxygen atoms in total. The Bertz CT molecular complexity index is 1320. The first kappa shape index (κ1) is 23.8. The molecular weight excluding hydrogens is 451 g/mol. The van der Waals surface area contributed by atoms with Crippen molar-refractivity contribution >= 4 is 17.7 Å². The Labute approximate surface area is 210 Å². The number of hydrogen-bond acceptors (Lipinski definition) is 4. The summed E-state index contributed by atoms with van der Waals surface area (Å²) in [5.41, 5.74) is 3.73. The fourth-order valence-electron chi connectivity index (χ4n) is 4.68. The summed E-state index contributed by atoms with van der Waals surface area (Å²) in [6.07, 6.45) is 0.390. The van der Waals surface area contributed by atoms with E-state index in [0.29, 0.717) is 11.3 Å². The van der Waals surface area contributed by atoms with E-state index in [1.165, 1.54) is 6.07 Å². The van der Waals surface area contributed by atoms with Gasteiger partial charge < -0.3 is 9.53 Å². The van der Waals surface area contributed by atoms with Crippen molar-refractivity contribution < 1.29 is 13.9 Å². The molecule has 0 bridgehead atoms. The van der Waals surface area contributed by atoms with Crippen molar-refractivity contribution in [2.75, 3.05) is 6.61 Å². The SMILES string of the molecule is C[C@@]1(c2cc(N=C(c3ccccc3)c3ccccc3)ccc2F)CO[C@@H](c2ccccc2)C(C=O)N1. The van der Waals surface area contributed by atoms with Gasteiger partial charge in [0, 0.05) is 16.7 Å². The van der Waals surface area contributed by atoms with Crippen LogP contribution in [-0.2, 0) is 15.1 Å². The molecule has 4 aromatic carbocycles. The molecule has 5 rings (SSSR count). The molecule has 1 heterocycles. The molecule has 4 aromatic rings. The van der Waals surface area contributed by atoms with E-state index in [1.54, 1.807) is 12.1 Å². The maximum Gasteiger partial charge on any atom is 0.139 e. The normalized spacial score (nSPS) is 21.5. The van der Waals surface area contributed by atoms with Crippen LogP contribution in [0.1, 0.15) is 35.3 Å². The number of rotatable bonds is 6. The third-order valence-corrected chi connectivity index (χ3v) is 6.52. The molecule has 0 amide bonds. The van der Waals surface area contributed by atoms with Gasteiger partial charge in [0.1, 0.15) is 18.2 Å². The number of ether oxygens (including phenoxy) is 1. The number of aldehydes is 1. The molecule has 0 saturated carbocycles. The summed E-state index contributed by atoms with van der Waals surface area (Å²) < 4.78 is 21.4. The largest absolute Gasteiger partial charge is 0.369 e. The van der Waals surface area contributed by atoms with Gasteiger partial charge in [0.2, 0.25) is 0 Å². The van der Waals surface area contributed by atoms with Gasteiger partial charge in [0.15, 0.2) is 0 Å². The zero-order valence-electron chi connectivity index (χ0n) is 20.0. The van der Waals surface area contributed by atoms with Gasteiger partial charge in [-0.05, 0) is 30.7 Å². The number of benzene rings is 4. The van der Waals surface area contributed by atoms with Crippen LogP contribution in [-0.4, -0.2) is 24.6 Å². The van der Waals surface area contributed by atoms with E-state index in [2.05, 4.69) is 5.32 Å². The highest BCUT2D eigenvalue weighted by molar-refractivity contribution is 6.13. The molecule has 1 unspecified atom stereocenters. The fraction of sp³-hybridized carbons (Fsp3) is 0.161. The number of morpholine rings is 1. The van der Waals surface area contributed by atoms with Crippen molar-refractivity contribution in [2.24, 2.45) is 4.99 Å². The van der Waals surface area contributed by atoms with Crippen LogP contribution >= 0.6 is 0 Å². The maximum absolute atomic E-state index is 15.2. The second-order valence-electron chi connectivity index (χ2n) is 9.14. The Balaban J connectivity index is 1.51. The molecule has 0 spiro atoms. The summed E-state index contributed by atoms with van der Waals surface area (Å²) >= 11 is 0. The standard InChI is InChI=1S/C31H27FN2O2/c1-31(21-36-30(28(20-35)34-31)24-15-9-4-10-16-24)26-19-25(17-18-27(26)32)33-29(22-11-5-2-6-12-22)23-13-7-3-8-14-23/h2-20,28,30,34H,21H2,1H3/t28?,30-,31-/m0/s1. The average molecular weight is 479 g/mol. The predicted octanol–water partition coefficient (Wildman–Crippen LogP) is 6.14. The lowest BCUT2D eigenvalue weighted by molar-refractivity contribution is -0.121. The Morgan fingerprint density at radius 3 is 2.08 bits per heavy atom. The molecule has 3 atom stereocenters. The smallest absolute Gasteiger partial charge is 0.139 e. The lowest BCUT2D eigenvalue weighted by Gasteiger charge is -2.42. The summed E-state index contributed by atoms with van der Waals surface area (Å²) in [5.74, 6) is -0.378. The van der Waals surface area contributed by atoms with Crippen LogP contribution in [0.2, 0.25) is 0 Å². The van der Waals surface area contributed by atoms with Crippen molar-refractivity contribution in [2.45, 2.75) is 24.6 Å². The number of carbonyl (C=O) groups excluding carboxylic acids is 1. The minimum atomic E-state index is -0.911. The van der Waals surface area contributed by atoms with E-state index in [9.17, 15) is 4.79 Å². The molecular formula is C31H27FN2O2. The van der Waals surface area contributed by atoms with Crippen LogP contribution in [0, 0.1) is 5.82 Å². The fourth-order valence-corrected chi connectivity index (χ4v) is 4.68. The Morgan fingerprint density at radius 1 is 0.917 bits per heavy atom. The van der Waals surface area contributed by atoms with Crippen LogP contribution in [0.25, 0.3) is 0 Å². The van der Waals surface area contributed by atoms with Crippen molar-refractivity contribution in [3.8, 4) is 0 Å². The average Bonchev–Trinajstić information content (AvgIpc) is 2.94. The summed E-state index contributed by atoms with van der Waals surface area (Å²) in [5, 5.41) is 3.35. The van der Waals surface area contributed by atoms with Crippen molar-refractivity contribution in [1.29, 1.82) is 0 Å². The molecule has 5 heteroatoms. The zero-order chi connectivity index (χ0) is 25.0. The number of carbonyl (C=O) groups is 1. The molecule has 1 fully saturated rings. The first-order valence-corrected chi connectivity index (χ1v) is 12.0. The summed E-state index contributed by atoms with van der Waals surface area (Å²) in [6.45, 7) is 2.05. The summed E-state index contributed by atoms with van der Waals surface area (Å²) in [4.78, 5) is 17.0. The predicted molar refractivity (Wildman–Crippen MR) is 140 cm³/mol. The van der Waals surface area contributed by atoms with Gasteiger partial charge in [-0.2, -0.15) is 0 Å². The van der Waals surface area contributed by atoms with Crippen LogP contribution in [0.5, 0.6) is 0 Å². The first-order valence-electron chi connectivity index (χ1n) is 12.0. The third-order valence-electron chi connectivity index (χ3n) is 6.52. The second kappa shape index (κ2) is 10.4. The van der Waals surface area contributed by atoms with E-state index >= 15 is 4.39 Å². The zero-order valence-corrected chi connectivity index (χ0v) is 20.0. The number of aliphatic imine (C=N–C) groups is 1. The summed E-state index contributed by atoms with van der Waals surface area (Å²) in [7, 11) is 0. The van der Waals surface area contributed by atoms with Gasteiger partial charge in [0.05, 0.1) is 29.6 Å². The minimum absolute atomic E-state index is 0.200. The van der Waals surface area contributed by atoms with Crippen LogP contribution in [0.15, 0.2) is 114 Å². The number of nitrogens with zero attached hydrogens (tertiary/aromatic N) is 1. The minimum Gasteiger partial charge on any atom is -0.369 e. The Morgan fingerprint density at radius 2 is 1.50 bits per heavy atom. The lowest BCUT2D eigenvalue weighted by atomic mass is 9.87. The molecule has 1 saturated heterocycles. The Kier molecular flexibility index (Phi) is 6.85. The van der Waals surface area contributed by atoms with Gasteiger partial charge in [-0.25, -0.2) is 9.38 Å². The number of nitrogens with one attached hydrogen (secondary N) is 1.